The molecule has 3 aromatic rings. The first kappa shape index (κ1) is 22.4. The lowest BCUT2D eigenvalue weighted by molar-refractivity contribution is -0.120. The molecule has 9 nitrogen and oxygen atoms in total. The highest BCUT2D eigenvalue weighted by Gasteiger charge is 2.42. The van der Waals surface area contributed by atoms with Crippen LogP contribution in [-0.2, 0) is 14.6 Å². The largest absolute Gasteiger partial charge is 0.423 e. The van der Waals surface area contributed by atoms with E-state index in [0.29, 0.717) is 10.9 Å². The van der Waals surface area contributed by atoms with Crippen molar-refractivity contribution in [3.8, 4) is 0 Å². The summed E-state index contributed by atoms with van der Waals surface area (Å²) < 4.78 is 28.7. The van der Waals surface area contributed by atoms with Crippen LogP contribution in [0.1, 0.15) is 32.7 Å². The second-order valence-electron chi connectivity index (χ2n) is 7.91. The van der Waals surface area contributed by atoms with E-state index >= 15 is 0 Å². The summed E-state index contributed by atoms with van der Waals surface area (Å²) in [6, 6.07) is 10.9. The van der Waals surface area contributed by atoms with Gasteiger partial charge in [0.25, 0.3) is 11.8 Å². The molecule has 1 atom stereocenters. The summed E-state index contributed by atoms with van der Waals surface area (Å²) in [5.74, 6) is -2.46. The molecule has 33 heavy (non-hydrogen) atoms. The van der Waals surface area contributed by atoms with Crippen molar-refractivity contribution in [1.29, 1.82) is 0 Å². The predicted molar refractivity (Wildman–Crippen MR) is 121 cm³/mol. The molecule has 10 heteroatoms. The Bertz CT molecular complexity index is 1440. The van der Waals surface area contributed by atoms with Gasteiger partial charge in [0.2, 0.25) is 5.91 Å². The maximum Gasteiger partial charge on any atom is 0.336 e. The lowest BCUT2D eigenvalue weighted by atomic mass is 10.1. The van der Waals surface area contributed by atoms with E-state index in [2.05, 4.69) is 5.32 Å². The van der Waals surface area contributed by atoms with E-state index in [9.17, 15) is 27.6 Å². The SMILES string of the molecule is Cc1cc(=O)oc2cc(NC(=O)[C@@H](CCS(C)(=O)=O)N3C(=O)c4ccccc4C3=O)ccc12. The highest BCUT2D eigenvalue weighted by atomic mass is 32.2. The number of nitrogens with zero attached hydrogens (tertiary/aromatic N) is 1. The maximum absolute atomic E-state index is 13.2. The number of hydrogen-bond donors (Lipinski definition) is 1. The number of fused-ring (bicyclic) bond motifs is 2. The summed E-state index contributed by atoms with van der Waals surface area (Å²) in [5, 5.41) is 3.29. The minimum absolute atomic E-state index is 0.155. The molecule has 0 spiro atoms. The first-order chi connectivity index (χ1) is 15.5. The van der Waals surface area contributed by atoms with Crippen LogP contribution in [0.3, 0.4) is 0 Å². The zero-order valence-corrected chi connectivity index (χ0v) is 18.6. The number of aryl methyl sites for hydroxylation is 1. The molecule has 1 aliphatic rings. The Balaban J connectivity index is 1.67. The Morgan fingerprint density at radius 2 is 1.67 bits per heavy atom. The van der Waals surface area contributed by atoms with E-state index < -0.39 is 45.0 Å². The second-order valence-corrected chi connectivity index (χ2v) is 10.2. The fraction of sp³-hybridized carbons (Fsp3) is 0.217. The fourth-order valence-corrected chi connectivity index (χ4v) is 4.47. The number of benzene rings is 2. The molecule has 0 saturated carbocycles. The average molecular weight is 468 g/mol. The molecule has 0 bridgehead atoms. The number of amides is 3. The van der Waals surface area contributed by atoms with Gasteiger partial charge in [0.1, 0.15) is 21.5 Å². The molecule has 0 saturated heterocycles. The monoisotopic (exact) mass is 468 g/mol. The molecule has 1 aliphatic heterocycles. The normalized spacial score (nSPS) is 14.4. The van der Waals surface area contributed by atoms with Gasteiger partial charge in [-0.05, 0) is 43.2 Å². The van der Waals surface area contributed by atoms with Crippen molar-refractivity contribution >= 4 is 44.2 Å². The Morgan fingerprint density at radius 1 is 1.03 bits per heavy atom. The predicted octanol–water partition coefficient (Wildman–Crippen LogP) is 2.14. The van der Waals surface area contributed by atoms with Gasteiger partial charge in [0.15, 0.2) is 0 Å². The Labute approximate surface area is 188 Å². The standard InChI is InChI=1S/C23H20N2O7S/c1-13-11-20(26)32-19-12-14(7-8-15(13)19)24-21(27)18(9-10-33(2,30)31)25-22(28)16-5-3-4-6-17(16)23(25)29/h3-8,11-12,18H,9-10H2,1-2H3,(H,24,27)/t18-/m1/s1. The smallest absolute Gasteiger partial charge is 0.336 e. The molecule has 1 N–H and O–H groups in total. The van der Waals surface area contributed by atoms with Gasteiger partial charge in [-0.3, -0.25) is 19.3 Å². The number of carbonyl (C=O) groups excluding carboxylic acids is 3. The first-order valence-electron chi connectivity index (χ1n) is 10.1. The van der Waals surface area contributed by atoms with E-state index in [1.807, 2.05) is 0 Å². The summed E-state index contributed by atoms with van der Waals surface area (Å²) in [5.41, 5.74) is 0.996. The van der Waals surface area contributed by atoms with Crippen molar-refractivity contribution < 1.29 is 27.2 Å². The number of nitrogens with one attached hydrogen (secondary N) is 1. The Morgan fingerprint density at radius 3 is 2.27 bits per heavy atom. The number of sulfone groups is 1. The van der Waals surface area contributed by atoms with Crippen LogP contribution in [0.15, 0.2) is 57.7 Å². The summed E-state index contributed by atoms with van der Waals surface area (Å²) in [6.45, 7) is 1.75. The van der Waals surface area contributed by atoms with E-state index in [-0.39, 0.29) is 28.8 Å². The van der Waals surface area contributed by atoms with Crippen molar-refractivity contribution in [3.63, 3.8) is 0 Å². The third-order valence-electron chi connectivity index (χ3n) is 5.42. The van der Waals surface area contributed by atoms with Crippen LogP contribution in [0.25, 0.3) is 11.0 Å². The quantitative estimate of drug-likeness (QED) is 0.433. The topological polar surface area (TPSA) is 131 Å². The molecule has 2 aromatic carbocycles. The van der Waals surface area contributed by atoms with Gasteiger partial charge in [-0.1, -0.05) is 12.1 Å². The Kier molecular flexibility index (Phi) is 5.62. The van der Waals surface area contributed by atoms with Gasteiger partial charge in [0, 0.05) is 29.5 Å². The maximum atomic E-state index is 13.2. The number of rotatable bonds is 6. The van der Waals surface area contributed by atoms with Crippen molar-refractivity contribution in [2.75, 3.05) is 17.3 Å². The summed E-state index contributed by atoms with van der Waals surface area (Å²) in [4.78, 5) is 51.5. The van der Waals surface area contributed by atoms with Gasteiger partial charge in [0.05, 0.1) is 16.9 Å². The number of carbonyl (C=O) groups is 3. The second kappa shape index (κ2) is 8.28. The van der Waals surface area contributed by atoms with Gasteiger partial charge >= 0.3 is 5.63 Å². The van der Waals surface area contributed by atoms with Gasteiger partial charge in [-0.25, -0.2) is 13.2 Å². The minimum Gasteiger partial charge on any atom is -0.423 e. The van der Waals surface area contributed by atoms with Gasteiger partial charge in [-0.2, -0.15) is 0 Å². The summed E-state index contributed by atoms with van der Waals surface area (Å²) in [7, 11) is -3.47. The van der Waals surface area contributed by atoms with Crippen molar-refractivity contribution in [2.45, 2.75) is 19.4 Å². The molecule has 2 heterocycles. The zero-order valence-electron chi connectivity index (χ0n) is 17.8. The highest BCUT2D eigenvalue weighted by molar-refractivity contribution is 7.90. The third-order valence-corrected chi connectivity index (χ3v) is 6.40. The van der Waals surface area contributed by atoms with Crippen LogP contribution in [0.4, 0.5) is 5.69 Å². The number of hydrogen-bond acceptors (Lipinski definition) is 7. The van der Waals surface area contributed by atoms with Gasteiger partial charge in [-0.15, -0.1) is 0 Å². The molecular formula is C23H20N2O7S. The number of anilines is 1. The molecule has 0 aliphatic carbocycles. The van der Waals surface area contributed by atoms with E-state index in [1.54, 1.807) is 31.2 Å². The lowest BCUT2D eigenvalue weighted by Crippen LogP contribution is -2.48. The summed E-state index contributed by atoms with van der Waals surface area (Å²) in [6.07, 6.45) is 0.746. The van der Waals surface area contributed by atoms with Crippen molar-refractivity contribution in [2.24, 2.45) is 0 Å². The van der Waals surface area contributed by atoms with Crippen molar-refractivity contribution in [1.82, 2.24) is 4.90 Å². The molecule has 0 unspecified atom stereocenters. The number of imide groups is 1. The van der Waals surface area contributed by atoms with Crippen LogP contribution in [0, 0.1) is 6.92 Å². The first-order valence-corrected chi connectivity index (χ1v) is 12.1. The van der Waals surface area contributed by atoms with Crippen LogP contribution in [-0.4, -0.2) is 49.1 Å². The van der Waals surface area contributed by atoms with Crippen LogP contribution in [0.5, 0.6) is 0 Å². The van der Waals surface area contributed by atoms with Crippen LogP contribution in [0.2, 0.25) is 0 Å². The molecular weight excluding hydrogens is 448 g/mol. The molecule has 3 amide bonds. The van der Waals surface area contributed by atoms with E-state index in [0.717, 1.165) is 11.2 Å². The van der Waals surface area contributed by atoms with Crippen LogP contribution >= 0.6 is 0 Å². The average Bonchev–Trinajstić information content (AvgIpc) is 2.98. The molecule has 4 rings (SSSR count). The molecule has 1 aromatic heterocycles. The molecule has 0 radical (unpaired) electrons. The van der Waals surface area contributed by atoms with Crippen molar-refractivity contribution in [3.05, 3.63) is 75.6 Å². The zero-order chi connectivity index (χ0) is 23.9. The Hall–Kier alpha value is -3.79. The fourth-order valence-electron chi connectivity index (χ4n) is 3.82. The van der Waals surface area contributed by atoms with Crippen LogP contribution < -0.4 is 10.9 Å². The lowest BCUT2D eigenvalue weighted by Gasteiger charge is -2.25. The summed E-state index contributed by atoms with van der Waals surface area (Å²) >= 11 is 0. The van der Waals surface area contributed by atoms with E-state index in [4.69, 9.17) is 4.42 Å². The van der Waals surface area contributed by atoms with Gasteiger partial charge < -0.3 is 9.73 Å². The van der Waals surface area contributed by atoms with E-state index in [1.165, 1.54) is 24.3 Å². The molecule has 0 fully saturated rings. The highest BCUT2D eigenvalue weighted by Crippen LogP contribution is 2.27. The third kappa shape index (κ3) is 4.42. The minimum atomic E-state index is -3.47. The molecule has 170 valence electrons.